The van der Waals surface area contributed by atoms with E-state index in [2.05, 4.69) is 32.3 Å². The van der Waals surface area contributed by atoms with Gasteiger partial charge in [-0.05, 0) is 47.0 Å². The fraction of sp³-hybridized carbons (Fsp3) is 0.211. The van der Waals surface area contributed by atoms with Crippen molar-refractivity contribution in [1.29, 1.82) is 0 Å². The van der Waals surface area contributed by atoms with Crippen molar-refractivity contribution in [3.8, 4) is 0 Å². The molecule has 0 saturated carbocycles. The summed E-state index contributed by atoms with van der Waals surface area (Å²) < 4.78 is 5.47. The Bertz CT molecular complexity index is 902. The minimum Gasteiger partial charge on any atom is -0.469 e. The number of esters is 1. The summed E-state index contributed by atoms with van der Waals surface area (Å²) in [5.74, 6) is -0.466. The predicted molar refractivity (Wildman–Crippen MR) is 105 cm³/mol. The maximum absolute atomic E-state index is 12.5. The van der Waals surface area contributed by atoms with Crippen LogP contribution in [0.15, 0.2) is 52.9 Å². The third kappa shape index (κ3) is 4.47. The molecule has 0 saturated heterocycles. The second kappa shape index (κ2) is 8.42. The number of halogens is 1. The lowest BCUT2D eigenvalue weighted by molar-refractivity contribution is -0.139. The van der Waals surface area contributed by atoms with Gasteiger partial charge in [-0.3, -0.25) is 14.6 Å². The van der Waals surface area contributed by atoms with Gasteiger partial charge in [0, 0.05) is 37.9 Å². The van der Waals surface area contributed by atoms with Crippen LogP contribution in [0.25, 0.3) is 5.57 Å². The van der Waals surface area contributed by atoms with Crippen LogP contribution in [-0.2, 0) is 16.0 Å². The van der Waals surface area contributed by atoms with E-state index >= 15 is 0 Å². The predicted octanol–water partition coefficient (Wildman–Crippen LogP) is 4.11. The summed E-state index contributed by atoms with van der Waals surface area (Å²) in [5, 5.41) is 2.98. The summed E-state index contributed by atoms with van der Waals surface area (Å²) in [4.78, 5) is 30.0. The molecule has 26 heavy (non-hydrogen) atoms. The average Bonchev–Trinajstić information content (AvgIpc) is 3.10. The number of methoxy groups -OCH3 is 1. The van der Waals surface area contributed by atoms with Gasteiger partial charge in [-0.2, -0.15) is 0 Å². The zero-order chi connectivity index (χ0) is 18.5. The van der Waals surface area contributed by atoms with Crippen molar-refractivity contribution in [3.63, 3.8) is 0 Å². The first kappa shape index (κ1) is 18.5. The van der Waals surface area contributed by atoms with E-state index in [1.54, 1.807) is 12.3 Å². The van der Waals surface area contributed by atoms with Gasteiger partial charge < -0.3 is 10.1 Å². The Morgan fingerprint density at radius 3 is 2.85 bits per heavy atom. The smallest absolute Gasteiger partial charge is 0.310 e. The minimum atomic E-state index is -0.262. The van der Waals surface area contributed by atoms with Crippen LogP contribution in [0, 0.1) is 0 Å². The minimum absolute atomic E-state index is 0.204. The third-order valence-corrected chi connectivity index (χ3v) is 5.39. The van der Waals surface area contributed by atoms with Crippen LogP contribution in [-0.4, -0.2) is 24.0 Å². The molecule has 0 bridgehead atoms. The number of ether oxygens (including phenoxy) is 1. The number of rotatable bonds is 5. The van der Waals surface area contributed by atoms with Crippen LogP contribution in [0.4, 0.5) is 0 Å². The molecule has 0 unspecified atom stereocenters. The highest BCUT2D eigenvalue weighted by molar-refractivity contribution is 9.10. The first-order chi connectivity index (χ1) is 12.6. The highest BCUT2D eigenvalue weighted by Crippen LogP contribution is 2.32. The zero-order valence-corrected chi connectivity index (χ0v) is 16.5. The summed E-state index contributed by atoms with van der Waals surface area (Å²) in [6, 6.07) is 5.62. The number of carbonyl (C=O) groups excluding carboxylic acids is 2. The molecule has 7 heteroatoms. The van der Waals surface area contributed by atoms with E-state index in [9.17, 15) is 9.59 Å². The van der Waals surface area contributed by atoms with E-state index in [1.807, 2.05) is 18.2 Å². The van der Waals surface area contributed by atoms with Gasteiger partial charge in [-0.15, -0.1) is 11.3 Å². The summed E-state index contributed by atoms with van der Waals surface area (Å²) in [5.41, 5.74) is 2.25. The quantitative estimate of drug-likeness (QED) is 0.721. The average molecular weight is 433 g/mol. The molecule has 1 N–H and O–H groups in total. The Morgan fingerprint density at radius 1 is 1.27 bits per heavy atom. The number of nitrogens with one attached hydrogen (secondary N) is 1. The molecule has 0 aromatic carbocycles. The molecular weight excluding hydrogens is 416 g/mol. The first-order valence-electron chi connectivity index (χ1n) is 8.05. The zero-order valence-electron chi connectivity index (χ0n) is 14.1. The number of hydrogen-bond acceptors (Lipinski definition) is 5. The van der Waals surface area contributed by atoms with Crippen molar-refractivity contribution < 1.29 is 14.3 Å². The van der Waals surface area contributed by atoms with Gasteiger partial charge in [0.25, 0.3) is 5.91 Å². The Hall–Kier alpha value is -2.25. The number of carbonyl (C=O) groups is 2. The van der Waals surface area contributed by atoms with Crippen molar-refractivity contribution in [3.05, 3.63) is 68.2 Å². The molecule has 3 rings (SSSR count). The molecule has 1 aliphatic carbocycles. The lowest BCUT2D eigenvalue weighted by Gasteiger charge is -2.16. The van der Waals surface area contributed by atoms with E-state index in [1.165, 1.54) is 24.6 Å². The highest BCUT2D eigenvalue weighted by atomic mass is 79.9. The highest BCUT2D eigenvalue weighted by Gasteiger charge is 2.17. The largest absolute Gasteiger partial charge is 0.469 e. The SMILES string of the molecule is COC(=O)Cc1ccc(C2=CCCC=C2NC(=O)c2cncc(Br)c2)s1. The molecule has 0 atom stereocenters. The molecule has 1 aliphatic rings. The van der Waals surface area contributed by atoms with Crippen LogP contribution >= 0.6 is 27.3 Å². The van der Waals surface area contributed by atoms with Crippen LogP contribution in [0.5, 0.6) is 0 Å². The van der Waals surface area contributed by atoms with E-state index in [-0.39, 0.29) is 18.3 Å². The molecule has 0 spiro atoms. The van der Waals surface area contributed by atoms with Gasteiger partial charge in [0.15, 0.2) is 0 Å². The summed E-state index contributed by atoms with van der Waals surface area (Å²) in [7, 11) is 1.38. The van der Waals surface area contributed by atoms with Crippen LogP contribution in [0.2, 0.25) is 0 Å². The maximum Gasteiger partial charge on any atom is 0.310 e. The molecular formula is C19H17BrN2O3S. The van der Waals surface area contributed by atoms with Gasteiger partial charge in [-0.1, -0.05) is 12.2 Å². The van der Waals surface area contributed by atoms with E-state index in [0.29, 0.717) is 5.56 Å². The number of allylic oxidation sites excluding steroid dienone is 3. The number of nitrogens with zero attached hydrogens (tertiary/aromatic N) is 1. The van der Waals surface area contributed by atoms with E-state index in [4.69, 9.17) is 4.74 Å². The fourth-order valence-electron chi connectivity index (χ4n) is 2.59. The topological polar surface area (TPSA) is 68.3 Å². The second-order valence-electron chi connectivity index (χ2n) is 5.68. The number of aromatic nitrogens is 1. The summed E-state index contributed by atoms with van der Waals surface area (Å²) in [6.45, 7) is 0. The van der Waals surface area contributed by atoms with Crippen LogP contribution in [0.1, 0.15) is 33.0 Å². The molecule has 134 valence electrons. The van der Waals surface area contributed by atoms with Crippen molar-refractivity contribution in [2.45, 2.75) is 19.3 Å². The molecule has 5 nitrogen and oxygen atoms in total. The third-order valence-electron chi connectivity index (χ3n) is 3.84. The van der Waals surface area contributed by atoms with Gasteiger partial charge in [0.2, 0.25) is 0 Å². The Kier molecular flexibility index (Phi) is 6.00. The van der Waals surface area contributed by atoms with E-state index in [0.717, 1.165) is 38.3 Å². The molecule has 2 aromatic rings. The number of thiophene rings is 1. The van der Waals surface area contributed by atoms with Crippen molar-refractivity contribution in [2.75, 3.05) is 7.11 Å². The number of pyridine rings is 1. The van der Waals surface area contributed by atoms with Crippen LogP contribution < -0.4 is 5.32 Å². The first-order valence-corrected chi connectivity index (χ1v) is 9.66. The summed E-state index contributed by atoms with van der Waals surface area (Å²) in [6.07, 6.45) is 9.35. The maximum atomic E-state index is 12.5. The molecule has 1 amide bonds. The lowest BCUT2D eigenvalue weighted by Crippen LogP contribution is -2.24. The standard InChI is InChI=1S/C19H17BrN2O3S/c1-25-18(23)9-14-6-7-17(26-14)15-4-2-3-5-16(15)22-19(24)12-8-13(20)11-21-10-12/h4-8,10-11H,2-3,9H2,1H3,(H,22,24). The Balaban J connectivity index is 1.77. The molecule has 2 heterocycles. The number of amides is 1. The van der Waals surface area contributed by atoms with Crippen LogP contribution in [0.3, 0.4) is 0 Å². The molecule has 0 aliphatic heterocycles. The fourth-order valence-corrected chi connectivity index (χ4v) is 4.00. The van der Waals surface area contributed by atoms with E-state index < -0.39 is 0 Å². The van der Waals surface area contributed by atoms with Gasteiger partial charge in [0.05, 0.1) is 19.1 Å². The summed E-state index contributed by atoms with van der Waals surface area (Å²) >= 11 is 4.86. The van der Waals surface area contributed by atoms with Crippen molar-refractivity contribution in [2.24, 2.45) is 0 Å². The Morgan fingerprint density at radius 2 is 2.08 bits per heavy atom. The second-order valence-corrected chi connectivity index (χ2v) is 7.76. The van der Waals surface area contributed by atoms with Crippen molar-refractivity contribution >= 4 is 44.7 Å². The van der Waals surface area contributed by atoms with Gasteiger partial charge in [0.1, 0.15) is 0 Å². The normalized spacial score (nSPS) is 13.6. The van der Waals surface area contributed by atoms with Gasteiger partial charge >= 0.3 is 5.97 Å². The molecule has 0 radical (unpaired) electrons. The monoisotopic (exact) mass is 432 g/mol. The lowest BCUT2D eigenvalue weighted by atomic mass is 10.0. The van der Waals surface area contributed by atoms with Crippen molar-refractivity contribution in [1.82, 2.24) is 10.3 Å². The molecule has 0 fully saturated rings. The van der Waals surface area contributed by atoms with Gasteiger partial charge in [-0.25, -0.2) is 0 Å². The number of hydrogen-bond donors (Lipinski definition) is 1. The Labute approximate surface area is 163 Å². The molecule has 2 aromatic heterocycles.